The SMILES string of the molecule is Br[C@H](c1ccccc1)[C@@H](Br)CC[C@H](Br)[C@H](Br)c1ccccc1. The molecule has 0 radical (unpaired) electrons. The molecule has 0 saturated heterocycles. The standard InChI is InChI=1S/C18H18Br4/c19-15(17(21)13-7-3-1-4-8-13)11-12-16(20)18(22)14-9-5-2-6-10-14/h1-10,15-18H,11-12H2/t15-,16-,17+,18+/m0/s1. The summed E-state index contributed by atoms with van der Waals surface area (Å²) in [5, 5.41) is 0. The lowest BCUT2D eigenvalue weighted by Crippen LogP contribution is -2.12. The lowest BCUT2D eigenvalue weighted by molar-refractivity contribution is 0.671. The molecule has 0 spiro atoms. The molecule has 2 aromatic carbocycles. The summed E-state index contributed by atoms with van der Waals surface area (Å²) in [6.45, 7) is 0. The lowest BCUT2D eigenvalue weighted by Gasteiger charge is -2.21. The van der Waals surface area contributed by atoms with Crippen molar-refractivity contribution < 1.29 is 0 Å². The predicted molar refractivity (Wildman–Crippen MR) is 111 cm³/mol. The highest BCUT2D eigenvalue weighted by molar-refractivity contribution is 9.12. The van der Waals surface area contributed by atoms with Gasteiger partial charge in [-0.1, -0.05) is 124 Å². The average molecular weight is 554 g/mol. The zero-order valence-electron chi connectivity index (χ0n) is 12.0. The Bertz CT molecular complexity index is 492. The molecule has 0 bridgehead atoms. The molecule has 4 heteroatoms. The summed E-state index contributed by atoms with van der Waals surface area (Å²) in [6.07, 6.45) is 2.19. The summed E-state index contributed by atoms with van der Waals surface area (Å²) >= 11 is 15.3. The Hall–Kier alpha value is 0.360. The minimum absolute atomic E-state index is 0.332. The van der Waals surface area contributed by atoms with E-state index in [1.807, 2.05) is 0 Å². The van der Waals surface area contributed by atoms with Gasteiger partial charge in [-0.2, -0.15) is 0 Å². The van der Waals surface area contributed by atoms with Gasteiger partial charge in [0.15, 0.2) is 0 Å². The molecule has 0 aliphatic heterocycles. The van der Waals surface area contributed by atoms with E-state index in [4.69, 9.17) is 0 Å². The van der Waals surface area contributed by atoms with Crippen molar-refractivity contribution in [2.45, 2.75) is 32.2 Å². The Morgan fingerprint density at radius 2 is 0.864 bits per heavy atom. The molecule has 0 fully saturated rings. The van der Waals surface area contributed by atoms with Crippen molar-refractivity contribution in [1.82, 2.24) is 0 Å². The van der Waals surface area contributed by atoms with Crippen LogP contribution in [0.2, 0.25) is 0 Å². The fraction of sp³-hybridized carbons (Fsp3) is 0.333. The van der Waals surface area contributed by atoms with Gasteiger partial charge in [-0.05, 0) is 24.0 Å². The van der Waals surface area contributed by atoms with Crippen LogP contribution in [0.4, 0.5) is 0 Å². The van der Waals surface area contributed by atoms with Gasteiger partial charge in [0.25, 0.3) is 0 Å². The molecular weight excluding hydrogens is 536 g/mol. The smallest absolute Gasteiger partial charge is 0.0520 e. The van der Waals surface area contributed by atoms with Gasteiger partial charge < -0.3 is 0 Å². The second-order valence-electron chi connectivity index (χ2n) is 5.23. The van der Waals surface area contributed by atoms with Crippen LogP contribution in [0, 0.1) is 0 Å². The monoisotopic (exact) mass is 550 g/mol. The molecule has 0 aliphatic carbocycles. The molecule has 4 atom stereocenters. The van der Waals surface area contributed by atoms with Crippen LogP contribution in [-0.4, -0.2) is 9.65 Å². The Balaban J connectivity index is 1.86. The molecule has 0 unspecified atom stereocenters. The molecule has 0 heterocycles. The summed E-state index contributed by atoms with van der Waals surface area (Å²) in [5.41, 5.74) is 2.63. The molecule has 22 heavy (non-hydrogen) atoms. The van der Waals surface area contributed by atoms with Crippen LogP contribution >= 0.6 is 63.7 Å². The first-order valence-corrected chi connectivity index (χ1v) is 10.9. The minimum Gasteiger partial charge on any atom is -0.0875 e. The highest BCUT2D eigenvalue weighted by atomic mass is 79.9. The molecule has 0 aliphatic rings. The van der Waals surface area contributed by atoms with E-state index in [2.05, 4.69) is 124 Å². The summed E-state index contributed by atoms with van der Waals surface area (Å²) in [4.78, 5) is 1.48. The van der Waals surface area contributed by atoms with Crippen LogP contribution in [0.15, 0.2) is 60.7 Å². The van der Waals surface area contributed by atoms with E-state index in [1.165, 1.54) is 11.1 Å². The Labute approximate surface area is 166 Å². The van der Waals surface area contributed by atoms with Gasteiger partial charge in [0.05, 0.1) is 9.65 Å². The second-order valence-corrected chi connectivity index (χ2v) is 9.56. The Morgan fingerprint density at radius 1 is 0.545 bits per heavy atom. The number of rotatable bonds is 7. The summed E-state index contributed by atoms with van der Waals surface area (Å²) in [6, 6.07) is 21.1. The maximum atomic E-state index is 3.83. The van der Waals surface area contributed by atoms with Gasteiger partial charge in [0.1, 0.15) is 0 Å². The van der Waals surface area contributed by atoms with Gasteiger partial charge in [-0.25, -0.2) is 0 Å². The van der Waals surface area contributed by atoms with Gasteiger partial charge in [-0.15, -0.1) is 0 Å². The normalized spacial score (nSPS) is 16.7. The molecular formula is C18H18Br4. The number of halogens is 4. The van der Waals surface area contributed by atoms with Crippen LogP contribution in [0.3, 0.4) is 0 Å². The number of hydrogen-bond donors (Lipinski definition) is 0. The van der Waals surface area contributed by atoms with Gasteiger partial charge >= 0.3 is 0 Å². The zero-order valence-corrected chi connectivity index (χ0v) is 18.4. The summed E-state index contributed by atoms with van der Waals surface area (Å²) < 4.78 is 0. The third-order valence-corrected chi connectivity index (χ3v) is 9.31. The molecule has 0 N–H and O–H groups in total. The first-order chi connectivity index (χ1) is 10.6. The highest BCUT2D eigenvalue weighted by Gasteiger charge is 2.22. The Morgan fingerprint density at radius 3 is 1.18 bits per heavy atom. The van der Waals surface area contributed by atoms with Gasteiger partial charge in [0.2, 0.25) is 0 Å². The second kappa shape index (κ2) is 9.61. The molecule has 0 saturated carbocycles. The quantitative estimate of drug-likeness (QED) is 0.310. The molecule has 0 amide bonds. The summed E-state index contributed by atoms with van der Waals surface area (Å²) in [7, 11) is 0. The molecule has 2 rings (SSSR count). The number of alkyl halides is 4. The van der Waals surface area contributed by atoms with Crippen molar-refractivity contribution in [2.75, 3.05) is 0 Å². The third-order valence-electron chi connectivity index (χ3n) is 3.59. The fourth-order valence-corrected chi connectivity index (χ4v) is 4.58. The largest absolute Gasteiger partial charge is 0.0875 e. The maximum absolute atomic E-state index is 3.83. The third kappa shape index (κ3) is 5.47. The van der Waals surface area contributed by atoms with Crippen molar-refractivity contribution in [2.24, 2.45) is 0 Å². The first kappa shape index (κ1) is 18.7. The van der Waals surface area contributed by atoms with Gasteiger partial charge in [0, 0.05) is 9.65 Å². The number of benzene rings is 2. The van der Waals surface area contributed by atoms with E-state index in [0.29, 0.717) is 19.3 Å². The van der Waals surface area contributed by atoms with Crippen molar-refractivity contribution in [3.63, 3.8) is 0 Å². The molecule has 2 aromatic rings. The topological polar surface area (TPSA) is 0 Å². The van der Waals surface area contributed by atoms with E-state index >= 15 is 0 Å². The Kier molecular flexibility index (Phi) is 8.16. The van der Waals surface area contributed by atoms with Crippen LogP contribution in [0.5, 0.6) is 0 Å². The lowest BCUT2D eigenvalue weighted by atomic mass is 10.0. The van der Waals surface area contributed by atoms with Gasteiger partial charge in [-0.3, -0.25) is 0 Å². The van der Waals surface area contributed by atoms with Crippen molar-refractivity contribution >= 4 is 63.7 Å². The fourth-order valence-electron chi connectivity index (χ4n) is 2.30. The molecule has 118 valence electrons. The maximum Gasteiger partial charge on any atom is 0.0520 e. The van der Waals surface area contributed by atoms with E-state index in [1.54, 1.807) is 0 Å². The highest BCUT2D eigenvalue weighted by Crippen LogP contribution is 2.38. The van der Waals surface area contributed by atoms with Crippen LogP contribution in [0.25, 0.3) is 0 Å². The predicted octanol–water partition coefficient (Wildman–Crippen LogP) is 7.57. The summed E-state index contributed by atoms with van der Waals surface area (Å²) in [5.74, 6) is 0. The zero-order chi connectivity index (χ0) is 15.9. The first-order valence-electron chi connectivity index (χ1n) is 7.25. The number of hydrogen-bond acceptors (Lipinski definition) is 0. The van der Waals surface area contributed by atoms with E-state index in [0.717, 1.165) is 12.8 Å². The average Bonchev–Trinajstić information content (AvgIpc) is 2.59. The van der Waals surface area contributed by atoms with Crippen molar-refractivity contribution in [3.05, 3.63) is 71.8 Å². The molecule has 0 nitrogen and oxygen atoms in total. The van der Waals surface area contributed by atoms with Crippen LogP contribution in [0.1, 0.15) is 33.6 Å². The van der Waals surface area contributed by atoms with Crippen molar-refractivity contribution in [1.29, 1.82) is 0 Å². The van der Waals surface area contributed by atoms with E-state index < -0.39 is 0 Å². The van der Waals surface area contributed by atoms with Crippen molar-refractivity contribution in [3.8, 4) is 0 Å². The molecule has 0 aromatic heterocycles. The van der Waals surface area contributed by atoms with E-state index in [-0.39, 0.29) is 0 Å². The van der Waals surface area contributed by atoms with Crippen LogP contribution < -0.4 is 0 Å². The minimum atomic E-state index is 0.332. The van der Waals surface area contributed by atoms with E-state index in [9.17, 15) is 0 Å². The van der Waals surface area contributed by atoms with Crippen LogP contribution in [-0.2, 0) is 0 Å².